The number of hydrogen-bond donors (Lipinski definition) is 1. The maximum atomic E-state index is 13.5. The molecule has 0 saturated carbocycles. The molecule has 174 valence electrons. The third-order valence-electron chi connectivity index (χ3n) is 5.25. The van der Waals surface area contributed by atoms with Crippen LogP contribution in [0.4, 0.5) is 5.69 Å². The van der Waals surface area contributed by atoms with E-state index in [0.29, 0.717) is 17.9 Å². The van der Waals surface area contributed by atoms with Crippen molar-refractivity contribution in [2.75, 3.05) is 31.3 Å². The van der Waals surface area contributed by atoms with Crippen molar-refractivity contribution in [1.82, 2.24) is 10.2 Å². The molecule has 9 heteroatoms. The fraction of sp³-hybridized carbons (Fsp3) is 0.391. The summed E-state index contributed by atoms with van der Waals surface area (Å²) in [6.45, 7) is 3.49. The predicted octanol–water partition coefficient (Wildman–Crippen LogP) is 2.32. The Morgan fingerprint density at radius 3 is 2.38 bits per heavy atom. The molecule has 0 radical (unpaired) electrons. The SMILES string of the molecule is CC[C@H](C(=O)NC)N(Cc1ccccc1C)C(=O)CN(c1cccc(OC)c1)S(C)(=O)=O. The number of nitrogens with one attached hydrogen (secondary N) is 1. The number of carbonyl (C=O) groups is 2. The number of carbonyl (C=O) groups excluding carboxylic acids is 2. The quantitative estimate of drug-likeness (QED) is 0.586. The summed E-state index contributed by atoms with van der Waals surface area (Å²) in [5, 5.41) is 2.60. The molecule has 2 aromatic rings. The minimum atomic E-state index is -3.78. The average molecular weight is 462 g/mol. The highest BCUT2D eigenvalue weighted by Gasteiger charge is 2.31. The Bertz CT molecular complexity index is 1060. The number of anilines is 1. The lowest BCUT2D eigenvalue weighted by Gasteiger charge is -2.33. The van der Waals surface area contributed by atoms with Gasteiger partial charge in [-0.15, -0.1) is 0 Å². The van der Waals surface area contributed by atoms with Crippen molar-refractivity contribution in [3.05, 3.63) is 59.7 Å². The van der Waals surface area contributed by atoms with Crippen molar-refractivity contribution in [3.63, 3.8) is 0 Å². The van der Waals surface area contributed by atoms with E-state index in [0.717, 1.165) is 21.7 Å². The van der Waals surface area contributed by atoms with E-state index in [2.05, 4.69) is 5.32 Å². The zero-order chi connectivity index (χ0) is 23.9. The van der Waals surface area contributed by atoms with E-state index >= 15 is 0 Å². The summed E-state index contributed by atoms with van der Waals surface area (Å²) in [7, 11) is -0.786. The monoisotopic (exact) mass is 461 g/mol. The van der Waals surface area contributed by atoms with Crippen LogP contribution in [0.25, 0.3) is 0 Å². The van der Waals surface area contributed by atoms with Crippen LogP contribution in [0.3, 0.4) is 0 Å². The van der Waals surface area contributed by atoms with Crippen LogP contribution in [0.5, 0.6) is 5.75 Å². The molecule has 0 aliphatic rings. The second-order valence-corrected chi connectivity index (χ2v) is 9.36. The number of likely N-dealkylation sites (N-methyl/N-ethyl adjacent to an activating group) is 1. The van der Waals surface area contributed by atoms with E-state index in [-0.39, 0.29) is 12.5 Å². The highest BCUT2D eigenvalue weighted by Crippen LogP contribution is 2.24. The lowest BCUT2D eigenvalue weighted by molar-refractivity contribution is -0.140. The van der Waals surface area contributed by atoms with Gasteiger partial charge in [-0.05, 0) is 36.6 Å². The van der Waals surface area contributed by atoms with Crippen LogP contribution in [0.15, 0.2) is 48.5 Å². The zero-order valence-electron chi connectivity index (χ0n) is 19.2. The molecule has 1 N–H and O–H groups in total. The third kappa shape index (κ3) is 6.23. The van der Waals surface area contributed by atoms with E-state index < -0.39 is 28.5 Å². The van der Waals surface area contributed by atoms with E-state index in [1.165, 1.54) is 19.1 Å². The lowest BCUT2D eigenvalue weighted by atomic mass is 10.1. The van der Waals surface area contributed by atoms with Crippen molar-refractivity contribution in [3.8, 4) is 5.75 Å². The van der Waals surface area contributed by atoms with Crippen LogP contribution in [0, 0.1) is 6.92 Å². The molecule has 0 unspecified atom stereocenters. The Hall–Kier alpha value is -3.07. The van der Waals surface area contributed by atoms with Crippen molar-refractivity contribution < 1.29 is 22.7 Å². The highest BCUT2D eigenvalue weighted by atomic mass is 32.2. The Labute approximate surface area is 190 Å². The molecule has 2 aromatic carbocycles. The van der Waals surface area contributed by atoms with E-state index in [9.17, 15) is 18.0 Å². The molecule has 2 rings (SSSR count). The summed E-state index contributed by atoms with van der Waals surface area (Å²) in [5.74, 6) is -0.309. The van der Waals surface area contributed by atoms with Gasteiger partial charge in [0.05, 0.1) is 19.1 Å². The molecule has 8 nitrogen and oxygen atoms in total. The van der Waals surface area contributed by atoms with Gasteiger partial charge in [-0.2, -0.15) is 0 Å². The number of amides is 2. The molecule has 0 aliphatic heterocycles. The highest BCUT2D eigenvalue weighted by molar-refractivity contribution is 7.92. The molecule has 0 spiro atoms. The number of benzene rings is 2. The summed E-state index contributed by atoms with van der Waals surface area (Å²) in [6, 6.07) is 13.3. The number of hydrogen-bond acceptors (Lipinski definition) is 5. The maximum Gasteiger partial charge on any atom is 0.244 e. The molecule has 32 heavy (non-hydrogen) atoms. The Kier molecular flexibility index (Phi) is 8.65. The second-order valence-electron chi connectivity index (χ2n) is 7.46. The molecule has 0 heterocycles. The van der Waals surface area contributed by atoms with Gasteiger partial charge >= 0.3 is 0 Å². The molecule has 1 atom stereocenters. The number of methoxy groups -OCH3 is 1. The van der Waals surface area contributed by atoms with Gasteiger partial charge in [-0.25, -0.2) is 8.42 Å². The molecule has 2 amide bonds. The van der Waals surface area contributed by atoms with Gasteiger partial charge < -0.3 is 15.0 Å². The van der Waals surface area contributed by atoms with Crippen molar-refractivity contribution in [2.24, 2.45) is 0 Å². The summed E-state index contributed by atoms with van der Waals surface area (Å²) >= 11 is 0. The van der Waals surface area contributed by atoms with Crippen molar-refractivity contribution in [1.29, 1.82) is 0 Å². The first-order valence-corrected chi connectivity index (χ1v) is 12.1. The zero-order valence-corrected chi connectivity index (χ0v) is 20.0. The molecule has 0 saturated heterocycles. The fourth-order valence-corrected chi connectivity index (χ4v) is 4.28. The standard InChI is InChI=1S/C23H31N3O5S/c1-6-21(23(28)24-3)25(15-18-11-8-7-10-17(18)2)22(27)16-26(32(5,29)30)19-12-9-13-20(14-19)31-4/h7-14,21H,6,15-16H2,1-5H3,(H,24,28)/t21-/m1/s1. The van der Waals surface area contributed by atoms with Crippen LogP contribution >= 0.6 is 0 Å². The van der Waals surface area contributed by atoms with Gasteiger partial charge in [0.15, 0.2) is 0 Å². The van der Waals surface area contributed by atoms with Gasteiger partial charge in [-0.1, -0.05) is 37.3 Å². The van der Waals surface area contributed by atoms with Crippen molar-refractivity contribution >= 4 is 27.5 Å². The number of rotatable bonds is 10. The number of nitrogens with zero attached hydrogens (tertiary/aromatic N) is 2. The van der Waals surface area contributed by atoms with Gasteiger partial charge in [0.2, 0.25) is 21.8 Å². The van der Waals surface area contributed by atoms with Gasteiger partial charge in [0.1, 0.15) is 18.3 Å². The Balaban J connectivity index is 2.45. The first kappa shape index (κ1) is 25.2. The van der Waals surface area contributed by atoms with E-state index in [1.807, 2.05) is 38.1 Å². The minimum Gasteiger partial charge on any atom is -0.497 e. The van der Waals surface area contributed by atoms with E-state index in [1.54, 1.807) is 24.3 Å². The van der Waals surface area contributed by atoms with Crippen LogP contribution < -0.4 is 14.4 Å². The van der Waals surface area contributed by atoms with Gasteiger partial charge in [0, 0.05) is 19.7 Å². The first-order chi connectivity index (χ1) is 15.1. The maximum absolute atomic E-state index is 13.5. The summed E-state index contributed by atoms with van der Waals surface area (Å²) in [6.07, 6.45) is 1.43. The molecule has 0 fully saturated rings. The van der Waals surface area contributed by atoms with Gasteiger partial charge in [0.25, 0.3) is 0 Å². The molecule has 0 aromatic heterocycles. The number of aryl methyl sites for hydroxylation is 1. The van der Waals surface area contributed by atoms with Crippen LogP contribution in [-0.4, -0.2) is 58.1 Å². The van der Waals surface area contributed by atoms with Gasteiger partial charge in [-0.3, -0.25) is 13.9 Å². The Morgan fingerprint density at radius 1 is 1.12 bits per heavy atom. The lowest BCUT2D eigenvalue weighted by Crippen LogP contribution is -2.51. The molecule has 0 aliphatic carbocycles. The Morgan fingerprint density at radius 2 is 1.81 bits per heavy atom. The second kappa shape index (κ2) is 11.0. The summed E-state index contributed by atoms with van der Waals surface area (Å²) in [4.78, 5) is 27.5. The molecule has 0 bridgehead atoms. The molecular formula is C23H31N3O5S. The summed E-state index contributed by atoms with van der Waals surface area (Å²) in [5.41, 5.74) is 2.17. The third-order valence-corrected chi connectivity index (χ3v) is 6.40. The van der Waals surface area contributed by atoms with E-state index in [4.69, 9.17) is 4.74 Å². The summed E-state index contributed by atoms with van der Waals surface area (Å²) < 4.78 is 31.4. The number of sulfonamides is 1. The van der Waals surface area contributed by atoms with Crippen LogP contribution in [0.1, 0.15) is 24.5 Å². The fourth-order valence-electron chi connectivity index (χ4n) is 3.44. The normalized spacial score (nSPS) is 12.0. The minimum absolute atomic E-state index is 0.188. The smallest absolute Gasteiger partial charge is 0.244 e. The number of ether oxygens (including phenoxy) is 1. The largest absolute Gasteiger partial charge is 0.497 e. The van der Waals surface area contributed by atoms with Crippen LogP contribution in [0.2, 0.25) is 0 Å². The molecular weight excluding hydrogens is 430 g/mol. The predicted molar refractivity (Wildman–Crippen MR) is 125 cm³/mol. The van der Waals surface area contributed by atoms with Crippen LogP contribution in [-0.2, 0) is 26.2 Å². The topological polar surface area (TPSA) is 96.0 Å². The average Bonchev–Trinajstić information content (AvgIpc) is 2.77. The van der Waals surface area contributed by atoms with Crippen molar-refractivity contribution in [2.45, 2.75) is 32.9 Å². The first-order valence-electron chi connectivity index (χ1n) is 10.3.